The van der Waals surface area contributed by atoms with Crippen molar-refractivity contribution >= 4 is 45.5 Å². The van der Waals surface area contributed by atoms with Crippen LogP contribution in [0.25, 0.3) is 6.08 Å². The van der Waals surface area contributed by atoms with Crippen molar-refractivity contribution in [2.45, 2.75) is 26.3 Å². The molecule has 36 heavy (non-hydrogen) atoms. The van der Waals surface area contributed by atoms with Gasteiger partial charge in [0.25, 0.3) is 5.91 Å². The van der Waals surface area contributed by atoms with E-state index in [0.717, 1.165) is 10.0 Å². The molecule has 2 aromatic carbocycles. The van der Waals surface area contributed by atoms with E-state index in [0.29, 0.717) is 11.4 Å². The van der Waals surface area contributed by atoms with Crippen LogP contribution < -0.4 is 4.90 Å². The molecule has 1 aromatic heterocycles. The maximum absolute atomic E-state index is 14.0. The Bertz CT molecular complexity index is 1380. The van der Waals surface area contributed by atoms with E-state index in [1.165, 1.54) is 9.58 Å². The average Bonchev–Trinajstić information content (AvgIpc) is 3.36. The van der Waals surface area contributed by atoms with Crippen LogP contribution in [-0.4, -0.2) is 39.4 Å². The monoisotopic (exact) mass is 546 g/mol. The summed E-state index contributed by atoms with van der Waals surface area (Å²) >= 11 is 3.45. The van der Waals surface area contributed by atoms with Gasteiger partial charge in [0.1, 0.15) is 6.54 Å². The van der Waals surface area contributed by atoms with Crippen molar-refractivity contribution < 1.29 is 19.1 Å². The minimum Gasteiger partial charge on any atom is -0.465 e. The molecule has 9 heteroatoms. The fourth-order valence-corrected chi connectivity index (χ4v) is 4.66. The molecule has 0 bridgehead atoms. The number of ether oxygens (including phenoxy) is 1. The highest BCUT2D eigenvalue weighted by Gasteiger charge is 2.56. The summed E-state index contributed by atoms with van der Waals surface area (Å²) in [6, 6.07) is 16.1. The number of halogens is 1. The molecule has 0 spiro atoms. The van der Waals surface area contributed by atoms with E-state index in [1.54, 1.807) is 43.5 Å². The van der Waals surface area contributed by atoms with Crippen LogP contribution in [0.3, 0.4) is 0 Å². The van der Waals surface area contributed by atoms with Gasteiger partial charge in [0.05, 0.1) is 23.4 Å². The Morgan fingerprint density at radius 1 is 1.19 bits per heavy atom. The molecule has 3 aromatic rings. The van der Waals surface area contributed by atoms with Crippen molar-refractivity contribution in [2.24, 2.45) is 5.41 Å². The first-order valence-corrected chi connectivity index (χ1v) is 12.1. The van der Waals surface area contributed by atoms with Crippen molar-refractivity contribution in [1.29, 1.82) is 0 Å². The van der Waals surface area contributed by atoms with Crippen LogP contribution in [0.5, 0.6) is 0 Å². The Labute approximate surface area is 217 Å². The summed E-state index contributed by atoms with van der Waals surface area (Å²) in [5.41, 5.74) is 0.521. The van der Waals surface area contributed by atoms with Crippen molar-refractivity contribution in [3.05, 3.63) is 82.1 Å². The molecule has 1 atom stereocenters. The smallest absolute Gasteiger partial charge is 0.327 e. The van der Waals surface area contributed by atoms with Crippen molar-refractivity contribution in [1.82, 2.24) is 15.0 Å². The molecule has 2 heterocycles. The summed E-state index contributed by atoms with van der Waals surface area (Å²) in [6.07, 6.45) is 9.03. The Morgan fingerprint density at radius 2 is 1.97 bits per heavy atom. The third kappa shape index (κ3) is 4.99. The lowest BCUT2D eigenvalue weighted by Gasteiger charge is -2.25. The van der Waals surface area contributed by atoms with Crippen LogP contribution in [0, 0.1) is 17.8 Å². The van der Waals surface area contributed by atoms with Crippen LogP contribution in [0.1, 0.15) is 24.6 Å². The molecule has 0 saturated carbocycles. The Kier molecular flexibility index (Phi) is 7.46. The highest BCUT2D eigenvalue weighted by atomic mass is 79.9. The number of hydrogen-bond acceptors (Lipinski definition) is 6. The summed E-state index contributed by atoms with van der Waals surface area (Å²) in [6.45, 7) is 1.85. The lowest BCUT2D eigenvalue weighted by Crippen LogP contribution is -2.37. The van der Waals surface area contributed by atoms with Gasteiger partial charge in [-0.05, 0) is 42.8 Å². The molecule has 0 N–H and O–H groups in total. The molecule has 8 nitrogen and oxygen atoms in total. The van der Waals surface area contributed by atoms with Gasteiger partial charge in [0.15, 0.2) is 0 Å². The summed E-state index contributed by atoms with van der Waals surface area (Å²) in [5, 5.41) is 8.15. The van der Waals surface area contributed by atoms with Gasteiger partial charge in [-0.3, -0.25) is 14.4 Å². The fourth-order valence-electron chi connectivity index (χ4n) is 4.24. The number of hydrogen-bond donors (Lipinski definition) is 0. The van der Waals surface area contributed by atoms with Crippen molar-refractivity contribution in [3.8, 4) is 12.3 Å². The minimum absolute atomic E-state index is 0.0223. The van der Waals surface area contributed by atoms with Crippen LogP contribution in [0.2, 0.25) is 0 Å². The predicted molar refractivity (Wildman–Crippen MR) is 137 cm³/mol. The van der Waals surface area contributed by atoms with E-state index < -0.39 is 23.2 Å². The van der Waals surface area contributed by atoms with E-state index in [9.17, 15) is 14.4 Å². The van der Waals surface area contributed by atoms with Gasteiger partial charge in [-0.25, -0.2) is 9.58 Å². The SMILES string of the molecule is C#CC[C@]1(Cc2cn(CC(=O)OCC)nn2)C(=O)N(c2ccccc2)C(=O)/C1=C/c1cccc(Br)c1. The molecule has 4 rings (SSSR count). The van der Waals surface area contributed by atoms with Crippen LogP contribution in [0.4, 0.5) is 5.69 Å². The molecule has 1 aliphatic heterocycles. The Morgan fingerprint density at radius 3 is 2.67 bits per heavy atom. The molecule has 2 amide bonds. The third-order valence-corrected chi connectivity index (χ3v) is 6.30. The highest BCUT2D eigenvalue weighted by Crippen LogP contribution is 2.46. The second kappa shape index (κ2) is 10.7. The van der Waals surface area contributed by atoms with Crippen molar-refractivity contribution in [3.63, 3.8) is 0 Å². The number of imide groups is 1. The van der Waals surface area contributed by atoms with Gasteiger partial charge in [-0.15, -0.1) is 17.4 Å². The van der Waals surface area contributed by atoms with E-state index in [1.807, 2.05) is 30.3 Å². The standard InChI is InChI=1S/C27H23BrN4O4/c1-3-13-27(16-21-17-31(30-29-21)18-24(33)36-4-2)23(15-19-9-8-10-20(28)14-19)25(34)32(26(27)35)22-11-6-5-7-12-22/h1,5-12,14-15,17H,4,13,16,18H2,2H3/b23-15-/t27-/m1/s1. The topological polar surface area (TPSA) is 94.4 Å². The normalized spacial score (nSPS) is 18.5. The second-order valence-corrected chi connectivity index (χ2v) is 9.16. The molecular formula is C27H23BrN4O4. The number of benzene rings is 2. The number of amides is 2. The van der Waals surface area contributed by atoms with Gasteiger partial charge < -0.3 is 4.74 Å². The van der Waals surface area contributed by atoms with Gasteiger partial charge in [0.2, 0.25) is 5.91 Å². The summed E-state index contributed by atoms with van der Waals surface area (Å²) in [5.74, 6) is 1.27. The largest absolute Gasteiger partial charge is 0.465 e. The number of anilines is 1. The van der Waals surface area contributed by atoms with Crippen molar-refractivity contribution in [2.75, 3.05) is 11.5 Å². The maximum Gasteiger partial charge on any atom is 0.327 e. The zero-order valence-electron chi connectivity index (χ0n) is 19.6. The first-order chi connectivity index (χ1) is 17.4. The number of esters is 1. The molecule has 0 radical (unpaired) electrons. The summed E-state index contributed by atoms with van der Waals surface area (Å²) in [4.78, 5) is 40.8. The third-order valence-electron chi connectivity index (χ3n) is 5.80. The quantitative estimate of drug-likeness (QED) is 0.184. The van der Waals surface area contributed by atoms with Gasteiger partial charge in [-0.2, -0.15) is 0 Å². The second-order valence-electron chi connectivity index (χ2n) is 8.25. The van der Waals surface area contributed by atoms with Gasteiger partial charge in [0, 0.05) is 29.1 Å². The Balaban J connectivity index is 1.80. The van der Waals surface area contributed by atoms with E-state index in [4.69, 9.17) is 11.2 Å². The van der Waals surface area contributed by atoms with Gasteiger partial charge >= 0.3 is 5.97 Å². The lowest BCUT2D eigenvalue weighted by molar-refractivity contribution is -0.144. The van der Waals surface area contributed by atoms with Crippen LogP contribution in [-0.2, 0) is 32.1 Å². The molecule has 1 aliphatic rings. The summed E-state index contributed by atoms with van der Waals surface area (Å²) < 4.78 is 7.13. The zero-order chi connectivity index (χ0) is 25.7. The number of para-hydroxylation sites is 1. The van der Waals surface area contributed by atoms with E-state index in [-0.39, 0.29) is 31.6 Å². The number of rotatable bonds is 8. The fraction of sp³-hybridized carbons (Fsp3) is 0.222. The van der Waals surface area contributed by atoms with Crippen LogP contribution >= 0.6 is 15.9 Å². The number of nitrogens with zero attached hydrogens (tertiary/aromatic N) is 4. The van der Waals surface area contributed by atoms with Gasteiger partial charge in [-0.1, -0.05) is 51.5 Å². The lowest BCUT2D eigenvalue weighted by atomic mass is 9.74. The summed E-state index contributed by atoms with van der Waals surface area (Å²) in [7, 11) is 0. The maximum atomic E-state index is 14.0. The molecule has 0 unspecified atom stereocenters. The number of terminal acetylenes is 1. The molecular weight excluding hydrogens is 524 g/mol. The average molecular weight is 547 g/mol. The highest BCUT2D eigenvalue weighted by molar-refractivity contribution is 9.10. The zero-order valence-corrected chi connectivity index (χ0v) is 21.1. The first kappa shape index (κ1) is 25.1. The molecule has 0 aliphatic carbocycles. The molecule has 1 fully saturated rings. The first-order valence-electron chi connectivity index (χ1n) is 11.3. The Hall–Kier alpha value is -4.03. The molecule has 1 saturated heterocycles. The predicted octanol–water partition coefficient (Wildman–Crippen LogP) is 3.81. The van der Waals surface area contributed by atoms with Crippen LogP contribution in [0.15, 0.2) is 70.8 Å². The number of carbonyl (C=O) groups excluding carboxylic acids is 3. The minimum atomic E-state index is -1.37. The van der Waals surface area contributed by atoms with E-state index >= 15 is 0 Å². The number of aromatic nitrogens is 3. The number of carbonyl (C=O) groups is 3. The molecule has 182 valence electrons. The van der Waals surface area contributed by atoms with E-state index in [2.05, 4.69) is 32.2 Å².